The highest BCUT2D eigenvalue weighted by Gasteiger charge is 2.15. The first-order valence-corrected chi connectivity index (χ1v) is 7.21. The fraction of sp³-hybridized carbons (Fsp3) is 0.273. The molecule has 0 aliphatic carbocycles. The van der Waals surface area contributed by atoms with Gasteiger partial charge in [0.05, 0.1) is 5.75 Å². The number of sulfonamides is 1. The average Bonchev–Trinajstić information content (AvgIpc) is 2.75. The van der Waals surface area contributed by atoms with Crippen LogP contribution in [0.3, 0.4) is 0 Å². The molecule has 6 nitrogen and oxygen atoms in total. The van der Waals surface area contributed by atoms with E-state index < -0.39 is 15.8 Å². The van der Waals surface area contributed by atoms with Gasteiger partial charge in [-0.25, -0.2) is 17.5 Å². The molecule has 0 bridgehead atoms. The van der Waals surface area contributed by atoms with Gasteiger partial charge in [0.15, 0.2) is 0 Å². The lowest BCUT2D eigenvalue weighted by Gasteiger charge is -2.04. The van der Waals surface area contributed by atoms with Gasteiger partial charge < -0.3 is 4.52 Å². The van der Waals surface area contributed by atoms with Crippen LogP contribution >= 0.6 is 0 Å². The second-order valence-electron chi connectivity index (χ2n) is 3.86. The molecule has 1 aromatic carbocycles. The summed E-state index contributed by atoms with van der Waals surface area (Å²) >= 11 is 0. The number of halogens is 1. The van der Waals surface area contributed by atoms with Crippen molar-refractivity contribution in [3.63, 3.8) is 0 Å². The van der Waals surface area contributed by atoms with Crippen LogP contribution in [0, 0.1) is 5.82 Å². The Kier molecular flexibility index (Phi) is 3.79. The molecule has 0 aliphatic rings. The number of anilines is 1. The third kappa shape index (κ3) is 3.75. The molecule has 102 valence electrons. The number of nitrogens with one attached hydrogen (secondary N) is 1. The largest absolute Gasteiger partial charge is 0.337 e. The van der Waals surface area contributed by atoms with Crippen molar-refractivity contribution in [3.05, 3.63) is 41.5 Å². The van der Waals surface area contributed by atoms with Crippen molar-refractivity contribution in [2.75, 3.05) is 4.72 Å². The van der Waals surface area contributed by atoms with Gasteiger partial charge in [-0.15, -0.1) is 0 Å². The molecule has 0 aliphatic heterocycles. The first-order chi connectivity index (χ1) is 8.98. The molecule has 1 N–H and O–H groups in total. The fourth-order valence-electron chi connectivity index (χ4n) is 1.46. The van der Waals surface area contributed by atoms with Gasteiger partial charge >= 0.3 is 0 Å². The first-order valence-electron chi connectivity index (χ1n) is 5.56. The summed E-state index contributed by atoms with van der Waals surface area (Å²) in [5.74, 6) is -0.627. The van der Waals surface area contributed by atoms with E-state index in [4.69, 9.17) is 4.52 Å². The molecule has 1 heterocycles. The molecule has 0 unspecified atom stereocenters. The van der Waals surface area contributed by atoms with Gasteiger partial charge in [-0.3, -0.25) is 0 Å². The lowest BCUT2D eigenvalue weighted by atomic mass is 10.2. The maximum absolute atomic E-state index is 13.0. The summed E-state index contributed by atoms with van der Waals surface area (Å²) in [6.07, 6.45) is 0.513. The number of aryl methyl sites for hydroxylation is 1. The Labute approximate surface area is 109 Å². The monoisotopic (exact) mass is 285 g/mol. The van der Waals surface area contributed by atoms with Gasteiger partial charge in [-0.05, 0) is 22.9 Å². The van der Waals surface area contributed by atoms with E-state index in [1.54, 1.807) is 6.92 Å². The Bertz CT molecular complexity index is 669. The predicted octanol–water partition coefficient (Wildman–Crippen LogP) is 1.71. The quantitative estimate of drug-likeness (QED) is 0.904. The highest BCUT2D eigenvalue weighted by molar-refractivity contribution is 7.91. The molecule has 0 amide bonds. The van der Waals surface area contributed by atoms with Crippen LogP contribution in [-0.4, -0.2) is 18.6 Å². The summed E-state index contributed by atoms with van der Waals surface area (Å²) in [4.78, 5) is 3.83. The lowest BCUT2D eigenvalue weighted by molar-refractivity contribution is 0.383. The van der Waals surface area contributed by atoms with Crippen LogP contribution < -0.4 is 4.72 Å². The van der Waals surface area contributed by atoms with Crippen LogP contribution in [0.1, 0.15) is 18.4 Å². The zero-order chi connectivity index (χ0) is 13.9. The van der Waals surface area contributed by atoms with Crippen molar-refractivity contribution < 1.29 is 17.3 Å². The third-order valence-electron chi connectivity index (χ3n) is 2.26. The minimum Gasteiger partial charge on any atom is -0.337 e. The van der Waals surface area contributed by atoms with Crippen molar-refractivity contribution >= 4 is 16.0 Å². The van der Waals surface area contributed by atoms with Gasteiger partial charge in [-0.2, -0.15) is 4.98 Å². The Morgan fingerprint density at radius 3 is 2.84 bits per heavy atom. The topological polar surface area (TPSA) is 85.1 Å². The fourth-order valence-corrected chi connectivity index (χ4v) is 2.51. The summed E-state index contributed by atoms with van der Waals surface area (Å²) in [6.45, 7) is 1.80. The van der Waals surface area contributed by atoms with E-state index >= 15 is 0 Å². The Morgan fingerprint density at radius 2 is 2.21 bits per heavy atom. The van der Waals surface area contributed by atoms with Crippen LogP contribution in [0.25, 0.3) is 0 Å². The molecular formula is C11H12FN3O3S. The van der Waals surface area contributed by atoms with Crippen molar-refractivity contribution in [1.82, 2.24) is 10.1 Å². The molecule has 0 radical (unpaired) electrons. The molecule has 0 atom stereocenters. The van der Waals surface area contributed by atoms with E-state index in [0.717, 1.165) is 6.07 Å². The number of rotatable bonds is 5. The zero-order valence-electron chi connectivity index (χ0n) is 10.1. The van der Waals surface area contributed by atoms with Gasteiger partial charge in [0, 0.05) is 6.42 Å². The third-order valence-corrected chi connectivity index (χ3v) is 3.47. The SMILES string of the molecule is CCc1nc(NS(=O)(=O)Cc2cccc(F)c2)no1. The predicted molar refractivity (Wildman–Crippen MR) is 66.3 cm³/mol. The van der Waals surface area contributed by atoms with Crippen LogP contribution in [0.2, 0.25) is 0 Å². The van der Waals surface area contributed by atoms with E-state index in [1.165, 1.54) is 18.2 Å². The number of hydrogen-bond donors (Lipinski definition) is 1. The summed E-state index contributed by atoms with van der Waals surface area (Å²) in [5.41, 5.74) is 0.340. The van der Waals surface area contributed by atoms with Gasteiger partial charge in [0.1, 0.15) is 5.82 Å². The lowest BCUT2D eigenvalue weighted by Crippen LogP contribution is -2.16. The highest BCUT2D eigenvalue weighted by Crippen LogP contribution is 2.11. The Hall–Kier alpha value is -1.96. The number of hydrogen-bond acceptors (Lipinski definition) is 5. The van der Waals surface area contributed by atoms with Crippen LogP contribution in [0.5, 0.6) is 0 Å². The summed E-state index contributed by atoms with van der Waals surface area (Å²) in [7, 11) is -3.70. The maximum atomic E-state index is 13.0. The van der Waals surface area contributed by atoms with Crippen LogP contribution in [0.4, 0.5) is 10.3 Å². The number of nitrogens with zero attached hydrogens (tertiary/aromatic N) is 2. The van der Waals surface area contributed by atoms with Crippen LogP contribution in [0.15, 0.2) is 28.8 Å². The summed E-state index contributed by atoms with van der Waals surface area (Å²) < 4.78 is 43.6. The van der Waals surface area contributed by atoms with Gasteiger partial charge in [0.25, 0.3) is 5.95 Å². The first kappa shape index (κ1) is 13.5. The standard InChI is InChI=1S/C11H12FN3O3S/c1-2-10-13-11(14-18-10)15-19(16,17)7-8-4-3-5-9(12)6-8/h3-6H,2,7H2,1H3,(H,14,15). The summed E-state index contributed by atoms with van der Waals surface area (Å²) in [6, 6.07) is 5.38. The van der Waals surface area contributed by atoms with Gasteiger partial charge in [0.2, 0.25) is 15.9 Å². The van der Waals surface area contributed by atoms with Crippen molar-refractivity contribution in [2.24, 2.45) is 0 Å². The summed E-state index contributed by atoms with van der Waals surface area (Å²) in [5, 5.41) is 3.48. The van der Waals surface area contributed by atoms with E-state index in [0.29, 0.717) is 17.9 Å². The average molecular weight is 285 g/mol. The molecule has 2 rings (SSSR count). The molecule has 0 saturated carbocycles. The molecule has 1 aromatic heterocycles. The molecule has 0 fully saturated rings. The van der Waals surface area contributed by atoms with Crippen LogP contribution in [-0.2, 0) is 22.2 Å². The molecule has 0 saturated heterocycles. The van der Waals surface area contributed by atoms with E-state index in [-0.39, 0.29) is 11.7 Å². The number of aromatic nitrogens is 2. The molecule has 8 heteroatoms. The van der Waals surface area contributed by atoms with E-state index in [9.17, 15) is 12.8 Å². The van der Waals surface area contributed by atoms with Crippen molar-refractivity contribution in [1.29, 1.82) is 0 Å². The second-order valence-corrected chi connectivity index (χ2v) is 5.58. The van der Waals surface area contributed by atoms with Crippen molar-refractivity contribution in [3.8, 4) is 0 Å². The van der Waals surface area contributed by atoms with Gasteiger partial charge in [-0.1, -0.05) is 19.1 Å². The maximum Gasteiger partial charge on any atom is 0.277 e. The van der Waals surface area contributed by atoms with E-state index in [1.807, 2.05) is 0 Å². The highest BCUT2D eigenvalue weighted by atomic mass is 32.2. The molecule has 0 spiro atoms. The Morgan fingerprint density at radius 1 is 1.42 bits per heavy atom. The normalized spacial score (nSPS) is 11.5. The van der Waals surface area contributed by atoms with E-state index in [2.05, 4.69) is 14.9 Å². The Balaban J connectivity index is 2.10. The zero-order valence-corrected chi connectivity index (χ0v) is 10.9. The molecule has 2 aromatic rings. The smallest absolute Gasteiger partial charge is 0.277 e. The minimum absolute atomic E-state index is 0.117. The second kappa shape index (κ2) is 5.35. The van der Waals surface area contributed by atoms with Crippen molar-refractivity contribution in [2.45, 2.75) is 19.1 Å². The molecular weight excluding hydrogens is 273 g/mol. The minimum atomic E-state index is -3.70. The molecule has 19 heavy (non-hydrogen) atoms. The number of benzene rings is 1.